The molecule has 18 heavy (non-hydrogen) atoms. The maximum atomic E-state index is 10.4. The van der Waals surface area contributed by atoms with Crippen molar-refractivity contribution in [3.05, 3.63) is 35.4 Å². The number of amidine groups is 1. The van der Waals surface area contributed by atoms with E-state index in [4.69, 9.17) is 16.7 Å². The minimum atomic E-state index is -0.547. The molecule has 0 fully saturated rings. The van der Waals surface area contributed by atoms with Gasteiger partial charge in [0.25, 0.3) is 0 Å². The fourth-order valence-corrected chi connectivity index (χ4v) is 1.48. The van der Waals surface area contributed by atoms with Crippen molar-refractivity contribution in [1.82, 2.24) is 10.6 Å². The summed E-state index contributed by atoms with van der Waals surface area (Å²) < 4.78 is 0. The number of hydrogen-bond donors (Lipinski definition) is 5. The number of nitrogens with two attached hydrogens (primary N) is 2. The molecule has 0 spiro atoms. The van der Waals surface area contributed by atoms with Gasteiger partial charge in [0.2, 0.25) is 0 Å². The van der Waals surface area contributed by atoms with Crippen LogP contribution in [0.15, 0.2) is 29.4 Å². The Kier molecular flexibility index (Phi) is 5.46. The predicted octanol–water partition coefficient (Wildman–Crippen LogP) is -0.461. The number of nitrogens with one attached hydrogen (secondary N) is 2. The standard InChI is InChI=1S/C11H17N5O2/c12-10(16-18)9-4-2-1-3-8(9)7-14-5-6-15-11(13)17/h1-4,14,18H,5-7H2,(H2,12,16)(H3,13,15,17). The average molecular weight is 251 g/mol. The van der Waals surface area contributed by atoms with Crippen LogP contribution in [0.4, 0.5) is 4.79 Å². The normalized spacial score (nSPS) is 11.2. The fraction of sp³-hybridized carbons (Fsp3) is 0.273. The molecular weight excluding hydrogens is 234 g/mol. The SMILES string of the molecule is NC(=O)NCCNCc1ccccc1/C(N)=N/O. The lowest BCUT2D eigenvalue weighted by Gasteiger charge is -2.09. The summed E-state index contributed by atoms with van der Waals surface area (Å²) in [4.78, 5) is 10.4. The van der Waals surface area contributed by atoms with Crippen LogP contribution in [0.25, 0.3) is 0 Å². The van der Waals surface area contributed by atoms with Crippen molar-refractivity contribution in [2.45, 2.75) is 6.54 Å². The molecule has 0 heterocycles. The summed E-state index contributed by atoms with van der Waals surface area (Å²) in [5, 5.41) is 17.2. The molecule has 0 aromatic heterocycles. The lowest BCUT2D eigenvalue weighted by Crippen LogP contribution is -2.35. The molecule has 98 valence electrons. The van der Waals surface area contributed by atoms with Gasteiger partial charge in [0.15, 0.2) is 5.84 Å². The quantitative estimate of drug-likeness (QED) is 0.154. The van der Waals surface area contributed by atoms with Gasteiger partial charge in [-0.15, -0.1) is 0 Å². The van der Waals surface area contributed by atoms with Crippen molar-refractivity contribution < 1.29 is 10.0 Å². The van der Waals surface area contributed by atoms with E-state index in [1.807, 2.05) is 18.2 Å². The molecule has 0 aliphatic rings. The highest BCUT2D eigenvalue weighted by molar-refractivity contribution is 5.98. The topological polar surface area (TPSA) is 126 Å². The number of primary amides is 1. The van der Waals surface area contributed by atoms with E-state index in [0.29, 0.717) is 25.2 Å². The van der Waals surface area contributed by atoms with Crippen LogP contribution in [0.5, 0.6) is 0 Å². The molecule has 7 nitrogen and oxygen atoms in total. The molecule has 2 amide bonds. The number of hydrogen-bond acceptors (Lipinski definition) is 4. The van der Waals surface area contributed by atoms with Gasteiger partial charge in [-0.05, 0) is 5.56 Å². The Morgan fingerprint density at radius 3 is 2.67 bits per heavy atom. The minimum absolute atomic E-state index is 0.0719. The Bertz CT molecular complexity index is 433. The molecule has 0 aliphatic heterocycles. The van der Waals surface area contributed by atoms with Crippen molar-refractivity contribution in [2.75, 3.05) is 13.1 Å². The van der Waals surface area contributed by atoms with Gasteiger partial charge < -0.3 is 27.3 Å². The maximum absolute atomic E-state index is 10.4. The van der Waals surface area contributed by atoms with Crippen LogP contribution in [0.1, 0.15) is 11.1 Å². The summed E-state index contributed by atoms with van der Waals surface area (Å²) in [5.74, 6) is 0.0719. The maximum Gasteiger partial charge on any atom is 0.312 e. The van der Waals surface area contributed by atoms with Gasteiger partial charge in [-0.3, -0.25) is 0 Å². The van der Waals surface area contributed by atoms with Crippen molar-refractivity contribution >= 4 is 11.9 Å². The third kappa shape index (κ3) is 4.30. The molecule has 0 aliphatic carbocycles. The van der Waals surface area contributed by atoms with Crippen LogP contribution < -0.4 is 22.1 Å². The summed E-state index contributed by atoms with van der Waals surface area (Å²) >= 11 is 0. The molecule has 0 atom stereocenters. The van der Waals surface area contributed by atoms with E-state index in [1.165, 1.54) is 0 Å². The second-order valence-corrected chi connectivity index (χ2v) is 3.61. The molecule has 1 aromatic carbocycles. The Morgan fingerprint density at radius 1 is 1.28 bits per heavy atom. The monoisotopic (exact) mass is 251 g/mol. The van der Waals surface area contributed by atoms with Gasteiger partial charge in [-0.25, -0.2) is 4.79 Å². The minimum Gasteiger partial charge on any atom is -0.409 e. The lowest BCUT2D eigenvalue weighted by atomic mass is 10.1. The number of carbonyl (C=O) groups is 1. The van der Waals surface area contributed by atoms with Gasteiger partial charge in [-0.2, -0.15) is 0 Å². The first kappa shape index (κ1) is 13.8. The zero-order chi connectivity index (χ0) is 13.4. The van der Waals surface area contributed by atoms with E-state index in [9.17, 15) is 4.79 Å². The predicted molar refractivity (Wildman–Crippen MR) is 68.2 cm³/mol. The van der Waals surface area contributed by atoms with Crippen LogP contribution in [-0.4, -0.2) is 30.2 Å². The summed E-state index contributed by atoms with van der Waals surface area (Å²) in [6.07, 6.45) is 0. The van der Waals surface area contributed by atoms with E-state index in [-0.39, 0.29) is 5.84 Å². The Balaban J connectivity index is 2.49. The first-order chi connectivity index (χ1) is 8.65. The van der Waals surface area contributed by atoms with Gasteiger partial charge in [0.05, 0.1) is 0 Å². The Labute approximate surface area is 105 Å². The fourth-order valence-electron chi connectivity index (χ4n) is 1.48. The number of rotatable bonds is 6. The molecular formula is C11H17N5O2. The largest absolute Gasteiger partial charge is 0.409 e. The van der Waals surface area contributed by atoms with Crippen molar-refractivity contribution in [2.24, 2.45) is 16.6 Å². The zero-order valence-electron chi connectivity index (χ0n) is 9.89. The molecule has 0 bridgehead atoms. The smallest absolute Gasteiger partial charge is 0.312 e. The van der Waals surface area contributed by atoms with Gasteiger partial charge in [0, 0.05) is 25.2 Å². The van der Waals surface area contributed by atoms with Crippen molar-refractivity contribution in [3.63, 3.8) is 0 Å². The second-order valence-electron chi connectivity index (χ2n) is 3.61. The number of carbonyl (C=O) groups excluding carboxylic acids is 1. The highest BCUT2D eigenvalue weighted by Gasteiger charge is 2.05. The summed E-state index contributed by atoms with van der Waals surface area (Å²) in [6, 6.07) is 6.78. The summed E-state index contributed by atoms with van der Waals surface area (Å²) in [6.45, 7) is 1.57. The molecule has 0 saturated carbocycles. The van der Waals surface area contributed by atoms with Gasteiger partial charge >= 0.3 is 6.03 Å². The summed E-state index contributed by atoms with van der Waals surface area (Å²) in [7, 11) is 0. The Morgan fingerprint density at radius 2 is 2.00 bits per heavy atom. The first-order valence-electron chi connectivity index (χ1n) is 5.45. The average Bonchev–Trinajstić information content (AvgIpc) is 2.37. The molecule has 0 unspecified atom stereocenters. The van der Waals surface area contributed by atoms with Crippen LogP contribution in [0, 0.1) is 0 Å². The van der Waals surface area contributed by atoms with E-state index in [2.05, 4.69) is 15.8 Å². The number of oxime groups is 1. The highest BCUT2D eigenvalue weighted by atomic mass is 16.4. The van der Waals surface area contributed by atoms with Crippen molar-refractivity contribution in [1.29, 1.82) is 0 Å². The van der Waals surface area contributed by atoms with Crippen molar-refractivity contribution in [3.8, 4) is 0 Å². The second kappa shape index (κ2) is 7.13. The van der Waals surface area contributed by atoms with E-state index in [0.717, 1.165) is 5.56 Å². The van der Waals surface area contributed by atoms with Gasteiger partial charge in [0.1, 0.15) is 0 Å². The van der Waals surface area contributed by atoms with Crippen LogP contribution in [0.3, 0.4) is 0 Å². The third-order valence-electron chi connectivity index (χ3n) is 2.32. The van der Waals surface area contributed by atoms with E-state index in [1.54, 1.807) is 6.07 Å². The van der Waals surface area contributed by atoms with Gasteiger partial charge in [-0.1, -0.05) is 29.4 Å². The van der Waals surface area contributed by atoms with Crippen LogP contribution in [-0.2, 0) is 6.54 Å². The highest BCUT2D eigenvalue weighted by Crippen LogP contribution is 2.07. The Hall–Kier alpha value is -2.28. The third-order valence-corrected chi connectivity index (χ3v) is 2.32. The number of amides is 2. The molecule has 0 saturated heterocycles. The van der Waals surface area contributed by atoms with Crippen LogP contribution in [0.2, 0.25) is 0 Å². The first-order valence-corrected chi connectivity index (χ1v) is 5.45. The molecule has 7 heteroatoms. The number of benzene rings is 1. The number of nitrogens with zero attached hydrogens (tertiary/aromatic N) is 1. The zero-order valence-corrected chi connectivity index (χ0v) is 9.89. The molecule has 0 radical (unpaired) electrons. The molecule has 1 rings (SSSR count). The number of urea groups is 1. The van der Waals surface area contributed by atoms with E-state index < -0.39 is 6.03 Å². The van der Waals surface area contributed by atoms with Crippen LogP contribution >= 0.6 is 0 Å². The van der Waals surface area contributed by atoms with E-state index >= 15 is 0 Å². The molecule has 7 N–H and O–H groups in total. The lowest BCUT2D eigenvalue weighted by molar-refractivity contribution is 0.249. The molecule has 1 aromatic rings. The summed E-state index contributed by atoms with van der Waals surface area (Å²) in [5.41, 5.74) is 12.1.